The van der Waals surface area contributed by atoms with Gasteiger partial charge in [0.25, 0.3) is 0 Å². The van der Waals surface area contributed by atoms with Gasteiger partial charge < -0.3 is 0 Å². The van der Waals surface area contributed by atoms with Crippen LogP contribution in [0.15, 0.2) is 0 Å². The molecule has 0 spiro atoms. The first kappa shape index (κ1) is 9.79. The van der Waals surface area contributed by atoms with Crippen molar-refractivity contribution in [3.05, 3.63) is 0 Å². The molecule has 0 aromatic carbocycles. The molecule has 3 aliphatic rings. The van der Waals surface area contributed by atoms with E-state index in [-0.39, 0.29) is 0 Å². The van der Waals surface area contributed by atoms with E-state index in [0.717, 1.165) is 25.6 Å². The van der Waals surface area contributed by atoms with Crippen molar-refractivity contribution in [2.24, 2.45) is 0 Å². The fourth-order valence-electron chi connectivity index (χ4n) is 3.58. The minimum Gasteiger partial charge on any atom is -0.299 e. The summed E-state index contributed by atoms with van der Waals surface area (Å²) >= 11 is 0. The predicted molar refractivity (Wildman–Crippen MR) is 58.8 cm³/mol. The monoisotopic (exact) mass is 208 g/mol. The first-order chi connectivity index (χ1) is 7.34. The zero-order valence-electron chi connectivity index (χ0n) is 9.32. The van der Waals surface area contributed by atoms with Crippen molar-refractivity contribution in [3.8, 4) is 0 Å². The smallest absolute Gasteiger partial charge is 0.148 e. The van der Waals surface area contributed by atoms with Crippen LogP contribution in [0, 0.1) is 0 Å². The summed E-state index contributed by atoms with van der Waals surface area (Å²) in [6.07, 6.45) is 6.21. The molecular formula is C12H20N2O. The maximum atomic E-state index is 11.3. The van der Waals surface area contributed by atoms with E-state index in [1.165, 1.54) is 38.8 Å². The third kappa shape index (κ3) is 1.72. The van der Waals surface area contributed by atoms with Crippen molar-refractivity contribution in [1.29, 1.82) is 0 Å². The second kappa shape index (κ2) is 3.87. The summed E-state index contributed by atoms with van der Waals surface area (Å²) < 4.78 is 0. The molecule has 0 bridgehead atoms. The van der Waals surface area contributed by atoms with Gasteiger partial charge in [0.15, 0.2) is 0 Å². The third-order valence-electron chi connectivity index (χ3n) is 4.35. The summed E-state index contributed by atoms with van der Waals surface area (Å²) in [4.78, 5) is 16.4. The Hall–Kier alpha value is -0.410. The summed E-state index contributed by atoms with van der Waals surface area (Å²) in [7, 11) is 0. The zero-order valence-corrected chi connectivity index (χ0v) is 9.32. The maximum absolute atomic E-state index is 11.3. The Bertz CT molecular complexity index is 266. The Morgan fingerprint density at radius 2 is 1.80 bits per heavy atom. The highest BCUT2D eigenvalue weighted by atomic mass is 16.1. The maximum Gasteiger partial charge on any atom is 0.148 e. The number of ketones is 1. The molecule has 3 heterocycles. The highest BCUT2D eigenvalue weighted by molar-refractivity contribution is 5.82. The summed E-state index contributed by atoms with van der Waals surface area (Å²) in [6, 6.07) is 1.46. The van der Waals surface area contributed by atoms with Crippen LogP contribution < -0.4 is 0 Å². The van der Waals surface area contributed by atoms with E-state index in [1.807, 2.05) is 0 Å². The predicted octanol–water partition coefficient (Wildman–Crippen LogP) is 0.888. The second-order valence-corrected chi connectivity index (χ2v) is 5.21. The minimum atomic E-state index is 0.448. The molecule has 0 aromatic rings. The topological polar surface area (TPSA) is 23.6 Å². The van der Waals surface area contributed by atoms with Gasteiger partial charge in [-0.05, 0) is 25.8 Å². The highest BCUT2D eigenvalue weighted by Crippen LogP contribution is 2.31. The van der Waals surface area contributed by atoms with Crippen LogP contribution in [-0.2, 0) is 4.79 Å². The molecule has 3 fully saturated rings. The number of carbonyl (C=O) groups excluding carboxylic acids is 1. The lowest BCUT2D eigenvalue weighted by Gasteiger charge is -2.35. The fraction of sp³-hybridized carbons (Fsp3) is 0.917. The van der Waals surface area contributed by atoms with Gasteiger partial charge in [-0.25, -0.2) is 0 Å². The van der Waals surface area contributed by atoms with Crippen molar-refractivity contribution in [2.45, 2.75) is 44.2 Å². The molecule has 3 nitrogen and oxygen atoms in total. The normalized spacial score (nSPS) is 38.5. The SMILES string of the molecule is O=C1CCN(C2CCN3CCCCC23)C1. The molecule has 0 saturated carbocycles. The third-order valence-corrected chi connectivity index (χ3v) is 4.35. The van der Waals surface area contributed by atoms with Gasteiger partial charge in [-0.3, -0.25) is 14.6 Å². The van der Waals surface area contributed by atoms with Gasteiger partial charge >= 0.3 is 0 Å². The Balaban J connectivity index is 1.68. The van der Waals surface area contributed by atoms with Crippen LogP contribution in [0.5, 0.6) is 0 Å². The fourth-order valence-corrected chi connectivity index (χ4v) is 3.58. The van der Waals surface area contributed by atoms with E-state index < -0.39 is 0 Å². The van der Waals surface area contributed by atoms with Crippen LogP contribution >= 0.6 is 0 Å². The minimum absolute atomic E-state index is 0.448. The molecule has 0 aliphatic carbocycles. The molecule has 3 aliphatic heterocycles. The van der Waals surface area contributed by atoms with Gasteiger partial charge in [-0.1, -0.05) is 6.42 Å². The number of nitrogens with zero attached hydrogens (tertiary/aromatic N) is 2. The number of rotatable bonds is 1. The van der Waals surface area contributed by atoms with Crippen molar-refractivity contribution in [2.75, 3.05) is 26.2 Å². The number of likely N-dealkylation sites (tertiary alicyclic amines) is 1. The van der Waals surface area contributed by atoms with Crippen LogP contribution in [0.25, 0.3) is 0 Å². The highest BCUT2D eigenvalue weighted by Gasteiger charge is 2.40. The number of hydrogen-bond acceptors (Lipinski definition) is 3. The molecule has 0 amide bonds. The Labute approximate surface area is 91.4 Å². The molecule has 3 rings (SSSR count). The van der Waals surface area contributed by atoms with Gasteiger partial charge in [-0.15, -0.1) is 0 Å². The van der Waals surface area contributed by atoms with Crippen LogP contribution in [0.3, 0.4) is 0 Å². The first-order valence-corrected chi connectivity index (χ1v) is 6.34. The van der Waals surface area contributed by atoms with E-state index in [9.17, 15) is 4.79 Å². The number of hydrogen-bond donors (Lipinski definition) is 0. The van der Waals surface area contributed by atoms with Crippen LogP contribution in [-0.4, -0.2) is 53.8 Å². The standard InChI is InChI=1S/C12H20N2O/c15-10-4-7-14(9-10)12-5-8-13-6-2-1-3-11(12)13/h11-12H,1-9H2. The molecule has 15 heavy (non-hydrogen) atoms. The average molecular weight is 208 g/mol. The molecule has 0 radical (unpaired) electrons. The second-order valence-electron chi connectivity index (χ2n) is 5.21. The van der Waals surface area contributed by atoms with E-state index in [0.29, 0.717) is 11.8 Å². The Morgan fingerprint density at radius 1 is 0.933 bits per heavy atom. The Morgan fingerprint density at radius 3 is 2.60 bits per heavy atom. The van der Waals surface area contributed by atoms with E-state index in [2.05, 4.69) is 9.80 Å². The van der Waals surface area contributed by atoms with Gasteiger partial charge in [0.05, 0.1) is 6.54 Å². The van der Waals surface area contributed by atoms with Crippen LogP contribution in [0.1, 0.15) is 32.1 Å². The van der Waals surface area contributed by atoms with E-state index >= 15 is 0 Å². The van der Waals surface area contributed by atoms with E-state index in [4.69, 9.17) is 0 Å². The molecule has 84 valence electrons. The largest absolute Gasteiger partial charge is 0.299 e. The average Bonchev–Trinajstić information content (AvgIpc) is 2.83. The quantitative estimate of drug-likeness (QED) is 0.639. The van der Waals surface area contributed by atoms with Gasteiger partial charge in [-0.2, -0.15) is 0 Å². The lowest BCUT2D eigenvalue weighted by Crippen LogP contribution is -2.46. The van der Waals surface area contributed by atoms with Gasteiger partial charge in [0.2, 0.25) is 0 Å². The van der Waals surface area contributed by atoms with Crippen molar-refractivity contribution in [3.63, 3.8) is 0 Å². The number of fused-ring (bicyclic) bond motifs is 1. The molecule has 2 unspecified atom stereocenters. The first-order valence-electron chi connectivity index (χ1n) is 6.34. The summed E-state index contributed by atoms with van der Waals surface area (Å²) in [5, 5.41) is 0. The summed E-state index contributed by atoms with van der Waals surface area (Å²) in [6.45, 7) is 4.31. The number of piperidine rings is 1. The lowest BCUT2D eigenvalue weighted by atomic mass is 9.98. The molecule has 3 saturated heterocycles. The Kier molecular flexibility index (Phi) is 2.53. The number of carbonyl (C=O) groups is 1. The molecule has 3 heteroatoms. The molecular weight excluding hydrogens is 188 g/mol. The van der Waals surface area contributed by atoms with Crippen LogP contribution in [0.4, 0.5) is 0 Å². The van der Waals surface area contributed by atoms with Crippen molar-refractivity contribution < 1.29 is 4.79 Å². The molecule has 0 aromatic heterocycles. The van der Waals surface area contributed by atoms with Crippen molar-refractivity contribution >= 4 is 5.78 Å². The number of Topliss-reactive ketones (excluding diaryl/α,β-unsaturated/α-hetero) is 1. The van der Waals surface area contributed by atoms with Crippen molar-refractivity contribution in [1.82, 2.24) is 9.80 Å². The zero-order chi connectivity index (χ0) is 10.3. The lowest BCUT2D eigenvalue weighted by molar-refractivity contribution is -0.117. The summed E-state index contributed by atoms with van der Waals surface area (Å²) in [5.41, 5.74) is 0. The molecule has 0 N–H and O–H groups in total. The van der Waals surface area contributed by atoms with Gasteiger partial charge in [0.1, 0.15) is 5.78 Å². The van der Waals surface area contributed by atoms with E-state index in [1.54, 1.807) is 0 Å². The van der Waals surface area contributed by atoms with Gasteiger partial charge in [0, 0.05) is 31.6 Å². The summed E-state index contributed by atoms with van der Waals surface area (Å²) in [5.74, 6) is 0.448. The van der Waals surface area contributed by atoms with Crippen LogP contribution in [0.2, 0.25) is 0 Å². The molecule has 2 atom stereocenters.